The Labute approximate surface area is 132 Å². The third-order valence-electron chi connectivity index (χ3n) is 3.23. The number of hydrogen-bond donors (Lipinski definition) is 2. The van der Waals surface area contributed by atoms with Crippen molar-refractivity contribution in [3.8, 4) is 0 Å². The van der Waals surface area contributed by atoms with Gasteiger partial charge in [0.15, 0.2) is 0 Å². The molecule has 1 fully saturated rings. The van der Waals surface area contributed by atoms with Gasteiger partial charge in [-0.25, -0.2) is 4.79 Å². The lowest BCUT2D eigenvalue weighted by Gasteiger charge is -2.27. The largest absolute Gasteiger partial charge is 0.480 e. The predicted molar refractivity (Wildman–Crippen MR) is 85.3 cm³/mol. The molecular formula is C14H17ClN2O3S. The van der Waals surface area contributed by atoms with Crippen molar-refractivity contribution in [3.05, 3.63) is 29.3 Å². The standard InChI is InChI=1S/C14H17ClN2O3S/c15-10-1-3-12(4-2-10)17(9-13(18)19)14(20)16-11-5-7-21-8-6-11/h1-4,11H,5-9H2,(H,16,20)(H,18,19). The second kappa shape index (κ2) is 7.56. The van der Waals surface area contributed by atoms with Crippen molar-refractivity contribution in [1.29, 1.82) is 0 Å². The van der Waals surface area contributed by atoms with Gasteiger partial charge >= 0.3 is 12.0 Å². The van der Waals surface area contributed by atoms with Gasteiger partial charge in [-0.2, -0.15) is 11.8 Å². The molecule has 1 saturated heterocycles. The van der Waals surface area contributed by atoms with Crippen molar-refractivity contribution in [3.63, 3.8) is 0 Å². The van der Waals surface area contributed by atoms with Gasteiger partial charge in [0.25, 0.3) is 0 Å². The summed E-state index contributed by atoms with van der Waals surface area (Å²) in [5.74, 6) is 0.981. The van der Waals surface area contributed by atoms with E-state index in [9.17, 15) is 9.59 Å². The summed E-state index contributed by atoms with van der Waals surface area (Å²) >= 11 is 7.69. The van der Waals surface area contributed by atoms with Gasteiger partial charge in [0.2, 0.25) is 0 Å². The van der Waals surface area contributed by atoms with Gasteiger partial charge in [0.1, 0.15) is 6.54 Å². The number of nitrogens with zero attached hydrogens (tertiary/aromatic N) is 1. The van der Waals surface area contributed by atoms with Crippen LogP contribution in [0.4, 0.5) is 10.5 Å². The average molecular weight is 329 g/mol. The van der Waals surface area contributed by atoms with Gasteiger partial charge in [-0.15, -0.1) is 0 Å². The number of halogens is 1. The Kier molecular flexibility index (Phi) is 5.76. The van der Waals surface area contributed by atoms with Crippen molar-refractivity contribution in [2.75, 3.05) is 23.0 Å². The normalized spacial score (nSPS) is 15.5. The number of anilines is 1. The minimum absolute atomic E-state index is 0.113. The number of hydrogen-bond acceptors (Lipinski definition) is 3. The van der Waals surface area contributed by atoms with Crippen LogP contribution in [0.3, 0.4) is 0 Å². The summed E-state index contributed by atoms with van der Waals surface area (Å²) in [5.41, 5.74) is 0.518. The summed E-state index contributed by atoms with van der Waals surface area (Å²) in [6.45, 7) is -0.380. The summed E-state index contributed by atoms with van der Waals surface area (Å²) in [4.78, 5) is 24.6. The SMILES string of the molecule is O=C(O)CN(C(=O)NC1CCSCC1)c1ccc(Cl)cc1. The Morgan fingerprint density at radius 3 is 2.48 bits per heavy atom. The minimum Gasteiger partial charge on any atom is -0.480 e. The summed E-state index contributed by atoms with van der Waals surface area (Å²) < 4.78 is 0. The van der Waals surface area contributed by atoms with Crippen LogP contribution in [0.15, 0.2) is 24.3 Å². The lowest BCUT2D eigenvalue weighted by molar-refractivity contribution is -0.135. The number of carbonyl (C=O) groups is 2. The molecule has 0 spiro atoms. The predicted octanol–water partition coefficient (Wildman–Crippen LogP) is 2.84. The maximum atomic E-state index is 12.3. The molecule has 1 aliphatic rings. The summed E-state index contributed by atoms with van der Waals surface area (Å²) in [7, 11) is 0. The molecule has 1 aliphatic heterocycles. The van der Waals surface area contributed by atoms with E-state index < -0.39 is 5.97 Å². The quantitative estimate of drug-likeness (QED) is 0.891. The average Bonchev–Trinajstić information content (AvgIpc) is 2.46. The number of carboxylic acid groups (broad SMARTS) is 1. The molecule has 0 saturated carbocycles. The second-order valence-corrected chi connectivity index (χ2v) is 6.45. The molecular weight excluding hydrogens is 312 g/mol. The topological polar surface area (TPSA) is 69.6 Å². The number of urea groups is 1. The number of nitrogens with one attached hydrogen (secondary N) is 1. The van der Waals surface area contributed by atoms with E-state index in [1.165, 1.54) is 4.90 Å². The van der Waals surface area contributed by atoms with Crippen LogP contribution in [0.5, 0.6) is 0 Å². The fraction of sp³-hybridized carbons (Fsp3) is 0.429. The van der Waals surface area contributed by atoms with Gasteiger partial charge in [0.05, 0.1) is 0 Å². The van der Waals surface area contributed by atoms with E-state index in [0.29, 0.717) is 10.7 Å². The van der Waals surface area contributed by atoms with Crippen molar-refractivity contribution in [1.82, 2.24) is 5.32 Å². The third-order valence-corrected chi connectivity index (χ3v) is 4.53. The first-order valence-electron chi connectivity index (χ1n) is 6.69. The van der Waals surface area contributed by atoms with Crippen LogP contribution in [0.2, 0.25) is 5.02 Å². The van der Waals surface area contributed by atoms with Crippen LogP contribution in [-0.4, -0.2) is 41.2 Å². The van der Waals surface area contributed by atoms with Crippen molar-refractivity contribution < 1.29 is 14.7 Å². The van der Waals surface area contributed by atoms with E-state index >= 15 is 0 Å². The molecule has 5 nitrogen and oxygen atoms in total. The molecule has 1 heterocycles. The van der Waals surface area contributed by atoms with Crippen LogP contribution in [0, 0.1) is 0 Å². The molecule has 2 N–H and O–H groups in total. The van der Waals surface area contributed by atoms with Crippen LogP contribution in [-0.2, 0) is 4.79 Å². The second-order valence-electron chi connectivity index (χ2n) is 4.79. The van der Waals surface area contributed by atoms with Gasteiger partial charge in [-0.3, -0.25) is 9.69 Å². The fourth-order valence-electron chi connectivity index (χ4n) is 2.13. The van der Waals surface area contributed by atoms with E-state index in [0.717, 1.165) is 24.3 Å². The summed E-state index contributed by atoms with van der Waals surface area (Å²) in [5, 5.41) is 12.5. The Morgan fingerprint density at radius 1 is 1.29 bits per heavy atom. The number of rotatable bonds is 4. The molecule has 1 aromatic carbocycles. The molecule has 0 unspecified atom stereocenters. The number of carbonyl (C=O) groups excluding carboxylic acids is 1. The summed E-state index contributed by atoms with van der Waals surface area (Å²) in [6.07, 6.45) is 1.83. The van der Waals surface area contributed by atoms with E-state index in [1.54, 1.807) is 24.3 Å². The van der Waals surface area contributed by atoms with Gasteiger partial charge in [-0.05, 0) is 48.6 Å². The molecule has 0 bridgehead atoms. The number of amides is 2. The van der Waals surface area contributed by atoms with Gasteiger partial charge in [0, 0.05) is 16.8 Å². The van der Waals surface area contributed by atoms with Crippen molar-refractivity contribution in [2.24, 2.45) is 0 Å². The van der Waals surface area contributed by atoms with Gasteiger partial charge in [-0.1, -0.05) is 11.6 Å². The highest BCUT2D eigenvalue weighted by Crippen LogP contribution is 2.20. The molecule has 0 atom stereocenters. The molecule has 1 aromatic rings. The third kappa shape index (κ3) is 4.82. The van der Waals surface area contributed by atoms with Crippen LogP contribution in [0.1, 0.15) is 12.8 Å². The molecule has 2 rings (SSSR count). The first kappa shape index (κ1) is 16.0. The van der Waals surface area contributed by atoms with Gasteiger partial charge < -0.3 is 10.4 Å². The molecule has 2 amide bonds. The van der Waals surface area contributed by atoms with Crippen molar-refractivity contribution in [2.45, 2.75) is 18.9 Å². The van der Waals surface area contributed by atoms with E-state index in [1.807, 2.05) is 11.8 Å². The van der Waals surface area contributed by atoms with E-state index in [2.05, 4.69) is 5.32 Å². The summed E-state index contributed by atoms with van der Waals surface area (Å²) in [6, 6.07) is 6.29. The Balaban J connectivity index is 2.08. The zero-order chi connectivity index (χ0) is 15.2. The Bertz CT molecular complexity index is 503. The maximum absolute atomic E-state index is 12.3. The van der Waals surface area contributed by atoms with Crippen LogP contribution >= 0.6 is 23.4 Å². The monoisotopic (exact) mass is 328 g/mol. The minimum atomic E-state index is -1.06. The highest BCUT2D eigenvalue weighted by atomic mass is 35.5. The Morgan fingerprint density at radius 2 is 1.90 bits per heavy atom. The van der Waals surface area contributed by atoms with Crippen LogP contribution in [0.25, 0.3) is 0 Å². The lowest BCUT2D eigenvalue weighted by Crippen LogP contribution is -2.48. The number of thioether (sulfide) groups is 1. The first-order chi connectivity index (χ1) is 10.1. The smallest absolute Gasteiger partial charge is 0.323 e. The van der Waals surface area contributed by atoms with Crippen LogP contribution < -0.4 is 10.2 Å². The molecule has 0 radical (unpaired) electrons. The maximum Gasteiger partial charge on any atom is 0.323 e. The zero-order valence-corrected chi connectivity index (χ0v) is 13.0. The highest BCUT2D eigenvalue weighted by molar-refractivity contribution is 7.99. The first-order valence-corrected chi connectivity index (χ1v) is 8.22. The van der Waals surface area contributed by atoms with E-state index in [4.69, 9.17) is 16.7 Å². The molecule has 0 aromatic heterocycles. The van der Waals surface area contributed by atoms with Crippen molar-refractivity contribution >= 4 is 41.1 Å². The Hall–Kier alpha value is -1.40. The van der Waals surface area contributed by atoms with E-state index in [-0.39, 0.29) is 18.6 Å². The molecule has 114 valence electrons. The zero-order valence-electron chi connectivity index (χ0n) is 11.4. The lowest BCUT2D eigenvalue weighted by atomic mass is 10.1. The highest BCUT2D eigenvalue weighted by Gasteiger charge is 2.22. The molecule has 0 aliphatic carbocycles. The number of benzene rings is 1. The fourth-order valence-corrected chi connectivity index (χ4v) is 3.36. The number of carboxylic acids is 1. The number of aliphatic carboxylic acids is 1. The molecule has 21 heavy (non-hydrogen) atoms. The molecule has 7 heteroatoms.